The summed E-state index contributed by atoms with van der Waals surface area (Å²) in [5, 5.41) is 0. The highest BCUT2D eigenvalue weighted by Gasteiger charge is 2.52. The van der Waals surface area contributed by atoms with Gasteiger partial charge in [-0.1, -0.05) is 6.08 Å². The van der Waals surface area contributed by atoms with Crippen molar-refractivity contribution in [3.63, 3.8) is 0 Å². The van der Waals surface area contributed by atoms with Crippen LogP contribution in [0.25, 0.3) is 6.08 Å². The van der Waals surface area contributed by atoms with Crippen LogP contribution in [-0.4, -0.2) is 42.9 Å². The number of hydrogen-bond donors (Lipinski definition) is 2. The molecule has 0 saturated carbocycles. The third-order valence-electron chi connectivity index (χ3n) is 4.49. The lowest BCUT2D eigenvalue weighted by atomic mass is 9.77. The molecule has 7 nitrogen and oxygen atoms in total. The molecular formula is C16H24BN3O4. The highest BCUT2D eigenvalue weighted by Crippen LogP contribution is 2.38. The summed E-state index contributed by atoms with van der Waals surface area (Å²) in [4.78, 5) is 15.8. The molecule has 0 amide bonds. The number of anilines is 1. The molecule has 0 atom stereocenters. The second-order valence-electron chi connectivity index (χ2n) is 6.70. The summed E-state index contributed by atoms with van der Waals surface area (Å²) in [5.74, 6) is -0.427. The van der Waals surface area contributed by atoms with Crippen LogP contribution in [-0.2, 0) is 14.0 Å². The standard InChI is InChI=1S/C16H24BN3O4/c1-15(2)16(3,4)24-17(23-15)11(8-18)6-10-7-12(14(21)22-5)13(19)20-9-10/h6-7,9H,8,18H2,1-5H3,(H2,19,20). The Bertz CT molecular complexity index is 657. The van der Waals surface area contributed by atoms with E-state index in [9.17, 15) is 4.79 Å². The number of methoxy groups -OCH3 is 1. The average molecular weight is 333 g/mol. The first-order valence-electron chi connectivity index (χ1n) is 7.71. The van der Waals surface area contributed by atoms with E-state index in [4.69, 9.17) is 25.5 Å². The first-order valence-corrected chi connectivity index (χ1v) is 7.71. The topological polar surface area (TPSA) is 110 Å². The van der Waals surface area contributed by atoms with Crippen LogP contribution in [0.3, 0.4) is 0 Å². The molecule has 0 bridgehead atoms. The number of carbonyl (C=O) groups excluding carboxylic acids is 1. The number of rotatable bonds is 4. The molecule has 2 heterocycles. The van der Waals surface area contributed by atoms with Gasteiger partial charge < -0.3 is 25.5 Å². The molecule has 0 aliphatic carbocycles. The maximum atomic E-state index is 11.7. The number of nitrogens with zero attached hydrogens (tertiary/aromatic N) is 1. The lowest BCUT2D eigenvalue weighted by molar-refractivity contribution is 0.00578. The zero-order valence-corrected chi connectivity index (χ0v) is 14.8. The highest BCUT2D eigenvalue weighted by molar-refractivity contribution is 6.55. The Morgan fingerprint density at radius 1 is 1.33 bits per heavy atom. The van der Waals surface area contributed by atoms with Crippen LogP contribution in [0.15, 0.2) is 17.7 Å². The molecule has 1 saturated heterocycles. The van der Waals surface area contributed by atoms with Crippen LogP contribution in [0.5, 0.6) is 0 Å². The van der Waals surface area contributed by atoms with Crippen molar-refractivity contribution in [2.45, 2.75) is 38.9 Å². The smallest absolute Gasteiger partial charge is 0.465 e. The second-order valence-corrected chi connectivity index (χ2v) is 6.70. The Kier molecular flexibility index (Phi) is 5.03. The van der Waals surface area contributed by atoms with Crippen molar-refractivity contribution in [2.24, 2.45) is 5.73 Å². The van der Waals surface area contributed by atoms with Crippen molar-refractivity contribution >= 4 is 25.0 Å². The number of aromatic nitrogens is 1. The van der Waals surface area contributed by atoms with Gasteiger partial charge in [0, 0.05) is 12.7 Å². The van der Waals surface area contributed by atoms with Gasteiger partial charge in [0.05, 0.1) is 18.3 Å². The van der Waals surface area contributed by atoms with E-state index in [1.807, 2.05) is 27.7 Å². The van der Waals surface area contributed by atoms with E-state index in [1.54, 1.807) is 18.3 Å². The molecule has 2 rings (SSSR count). The molecule has 1 aromatic rings. The monoisotopic (exact) mass is 333 g/mol. The van der Waals surface area contributed by atoms with Gasteiger partial charge in [0.1, 0.15) is 11.4 Å². The average Bonchev–Trinajstić information content (AvgIpc) is 2.73. The van der Waals surface area contributed by atoms with Crippen LogP contribution in [0.1, 0.15) is 43.6 Å². The molecule has 4 N–H and O–H groups in total. The van der Waals surface area contributed by atoms with E-state index < -0.39 is 24.3 Å². The third-order valence-corrected chi connectivity index (χ3v) is 4.49. The van der Waals surface area contributed by atoms with E-state index in [1.165, 1.54) is 7.11 Å². The minimum absolute atomic E-state index is 0.115. The van der Waals surface area contributed by atoms with Gasteiger partial charge in [-0.15, -0.1) is 0 Å². The minimum atomic E-state index is -0.556. The fourth-order valence-electron chi connectivity index (χ4n) is 2.28. The first-order chi connectivity index (χ1) is 11.1. The minimum Gasteiger partial charge on any atom is -0.465 e. The Morgan fingerprint density at radius 2 is 1.92 bits per heavy atom. The van der Waals surface area contributed by atoms with Gasteiger partial charge in [0.2, 0.25) is 0 Å². The second kappa shape index (κ2) is 6.54. The van der Waals surface area contributed by atoms with Gasteiger partial charge in [-0.2, -0.15) is 0 Å². The van der Waals surface area contributed by atoms with Gasteiger partial charge in [-0.25, -0.2) is 9.78 Å². The van der Waals surface area contributed by atoms with Crippen LogP contribution >= 0.6 is 0 Å². The van der Waals surface area contributed by atoms with Crippen LogP contribution in [0.2, 0.25) is 0 Å². The van der Waals surface area contributed by atoms with Crippen molar-refractivity contribution in [2.75, 3.05) is 19.4 Å². The summed E-state index contributed by atoms with van der Waals surface area (Å²) in [5.41, 5.74) is 12.3. The summed E-state index contributed by atoms with van der Waals surface area (Å²) in [6.45, 7) is 8.14. The van der Waals surface area contributed by atoms with Crippen LogP contribution in [0.4, 0.5) is 5.82 Å². The summed E-state index contributed by atoms with van der Waals surface area (Å²) < 4.78 is 16.7. The normalized spacial score (nSPS) is 19.4. The lowest BCUT2D eigenvalue weighted by Crippen LogP contribution is -2.41. The molecule has 130 valence electrons. The number of esters is 1. The fourth-order valence-corrected chi connectivity index (χ4v) is 2.28. The van der Waals surface area contributed by atoms with E-state index >= 15 is 0 Å². The summed E-state index contributed by atoms with van der Waals surface area (Å²) in [6.07, 6.45) is 3.35. The van der Waals surface area contributed by atoms with Gasteiger partial charge in [-0.3, -0.25) is 0 Å². The number of carbonyl (C=O) groups is 1. The zero-order valence-electron chi connectivity index (χ0n) is 14.8. The van der Waals surface area contributed by atoms with Crippen LogP contribution in [0, 0.1) is 0 Å². The number of ether oxygens (including phenoxy) is 1. The first kappa shape index (κ1) is 18.4. The van der Waals surface area contributed by atoms with Crippen molar-refractivity contribution in [3.8, 4) is 0 Å². The van der Waals surface area contributed by atoms with Gasteiger partial charge in [0.15, 0.2) is 0 Å². The molecule has 0 unspecified atom stereocenters. The molecular weight excluding hydrogens is 309 g/mol. The molecule has 1 aliphatic rings. The predicted octanol–water partition coefficient (Wildman–Crippen LogP) is 1.42. The van der Waals surface area contributed by atoms with Crippen molar-refractivity contribution in [1.29, 1.82) is 0 Å². The van der Waals surface area contributed by atoms with E-state index in [0.717, 1.165) is 5.47 Å². The Hall–Kier alpha value is -1.90. The van der Waals surface area contributed by atoms with E-state index in [2.05, 4.69) is 4.98 Å². The van der Waals surface area contributed by atoms with E-state index in [0.29, 0.717) is 5.56 Å². The molecule has 0 aromatic carbocycles. The summed E-state index contributed by atoms with van der Waals surface area (Å²) >= 11 is 0. The molecule has 8 heteroatoms. The van der Waals surface area contributed by atoms with Gasteiger partial charge >= 0.3 is 13.1 Å². The SMILES string of the molecule is COC(=O)c1cc(C=C(CN)B2OC(C)(C)C(C)(C)O2)cnc1N. The predicted molar refractivity (Wildman–Crippen MR) is 93.1 cm³/mol. The van der Waals surface area contributed by atoms with Crippen molar-refractivity contribution in [1.82, 2.24) is 4.98 Å². The number of nitrogens with two attached hydrogens (primary N) is 2. The molecule has 1 aliphatic heterocycles. The Labute approximate surface area is 142 Å². The molecule has 0 radical (unpaired) electrons. The fraction of sp³-hybridized carbons (Fsp3) is 0.500. The molecule has 0 spiro atoms. The van der Waals surface area contributed by atoms with Gasteiger partial charge in [0.25, 0.3) is 0 Å². The largest absolute Gasteiger partial charge is 0.491 e. The molecule has 1 fully saturated rings. The molecule has 1 aromatic heterocycles. The Balaban J connectivity index is 2.34. The summed E-state index contributed by atoms with van der Waals surface area (Å²) in [7, 11) is 0.735. The zero-order chi connectivity index (χ0) is 18.1. The van der Waals surface area contributed by atoms with Crippen LogP contribution < -0.4 is 11.5 Å². The van der Waals surface area contributed by atoms with Gasteiger partial charge in [-0.05, 0) is 44.8 Å². The highest BCUT2D eigenvalue weighted by atomic mass is 16.7. The van der Waals surface area contributed by atoms with Crippen molar-refractivity contribution in [3.05, 3.63) is 28.9 Å². The number of pyridine rings is 1. The van der Waals surface area contributed by atoms with Crippen molar-refractivity contribution < 1.29 is 18.8 Å². The third kappa shape index (κ3) is 3.45. The summed E-state index contributed by atoms with van der Waals surface area (Å²) in [6, 6.07) is 1.61. The maximum absolute atomic E-state index is 11.7. The maximum Gasteiger partial charge on any atom is 0.491 e. The van der Waals surface area contributed by atoms with E-state index in [-0.39, 0.29) is 17.9 Å². The Morgan fingerprint density at radius 3 is 2.42 bits per heavy atom. The quantitative estimate of drug-likeness (QED) is 0.633. The lowest BCUT2D eigenvalue weighted by Gasteiger charge is -2.32. The number of hydrogen-bond acceptors (Lipinski definition) is 7. The number of nitrogen functional groups attached to an aromatic ring is 1. The molecule has 24 heavy (non-hydrogen) atoms.